The fraction of sp³-hybridized carbons (Fsp3) is 0. The average Bonchev–Trinajstić information content (AvgIpc) is 2.48. The van der Waals surface area contributed by atoms with Gasteiger partial charge in [0.1, 0.15) is 6.07 Å². The Kier molecular flexibility index (Phi) is 5.34. The summed E-state index contributed by atoms with van der Waals surface area (Å²) in [4.78, 5) is 19.0. The lowest BCUT2D eigenvalue weighted by Crippen LogP contribution is -1.91. The summed E-state index contributed by atoms with van der Waals surface area (Å²) in [5.74, 6) is 0. The molecule has 2 N–H and O–H groups in total. The fourth-order valence-corrected chi connectivity index (χ4v) is 1.32. The summed E-state index contributed by atoms with van der Waals surface area (Å²) in [6.07, 6.45) is 0. The summed E-state index contributed by atoms with van der Waals surface area (Å²) >= 11 is 0. The van der Waals surface area contributed by atoms with Gasteiger partial charge >= 0.3 is 0 Å². The molecule has 0 aliphatic rings. The van der Waals surface area contributed by atoms with E-state index in [4.69, 9.17) is 11.0 Å². The number of para-hydroxylation sites is 1. The molecular formula is C13H10N4O4. The second kappa shape index (κ2) is 7.20. The first-order chi connectivity index (χ1) is 9.95. The first kappa shape index (κ1) is 15.6. The molecule has 2 rings (SSSR count). The number of rotatable bonds is 2. The van der Waals surface area contributed by atoms with E-state index in [1.807, 2.05) is 6.07 Å². The number of nitro benzene ring substituents is 2. The van der Waals surface area contributed by atoms with Crippen molar-refractivity contribution in [2.24, 2.45) is 0 Å². The Morgan fingerprint density at radius 3 is 1.86 bits per heavy atom. The average molecular weight is 286 g/mol. The Bertz CT molecular complexity index is 680. The summed E-state index contributed by atoms with van der Waals surface area (Å²) in [5.41, 5.74) is 5.94. The van der Waals surface area contributed by atoms with Crippen LogP contribution in [-0.4, -0.2) is 9.85 Å². The number of nitrogen functional groups attached to an aromatic ring is 1. The zero-order valence-electron chi connectivity index (χ0n) is 10.7. The molecule has 0 radical (unpaired) electrons. The third-order valence-corrected chi connectivity index (χ3v) is 2.33. The van der Waals surface area contributed by atoms with Crippen LogP contribution in [0.5, 0.6) is 0 Å². The summed E-state index contributed by atoms with van der Waals surface area (Å²) in [7, 11) is 0. The van der Waals surface area contributed by atoms with E-state index in [-0.39, 0.29) is 11.4 Å². The van der Waals surface area contributed by atoms with E-state index in [1.54, 1.807) is 24.3 Å². The van der Waals surface area contributed by atoms with Gasteiger partial charge in [-0.1, -0.05) is 12.1 Å². The van der Waals surface area contributed by atoms with Crippen LogP contribution in [0.1, 0.15) is 5.56 Å². The van der Waals surface area contributed by atoms with Crippen LogP contribution in [0.25, 0.3) is 0 Å². The van der Waals surface area contributed by atoms with Crippen LogP contribution in [0.4, 0.5) is 17.1 Å². The van der Waals surface area contributed by atoms with Crippen LogP contribution in [0.3, 0.4) is 0 Å². The molecule has 2 aromatic rings. The summed E-state index contributed by atoms with van der Waals surface area (Å²) in [6, 6.07) is 13.5. The third-order valence-electron chi connectivity index (χ3n) is 2.33. The van der Waals surface area contributed by atoms with E-state index >= 15 is 0 Å². The highest BCUT2D eigenvalue weighted by Crippen LogP contribution is 2.18. The van der Waals surface area contributed by atoms with Gasteiger partial charge in [-0.3, -0.25) is 20.2 Å². The van der Waals surface area contributed by atoms with Crippen LogP contribution in [0.15, 0.2) is 48.5 Å². The molecule has 0 heterocycles. The Morgan fingerprint density at radius 2 is 1.48 bits per heavy atom. The van der Waals surface area contributed by atoms with Gasteiger partial charge in [-0.15, -0.1) is 0 Å². The van der Waals surface area contributed by atoms with E-state index in [2.05, 4.69) is 0 Å². The van der Waals surface area contributed by atoms with Crippen LogP contribution in [-0.2, 0) is 0 Å². The molecule has 0 bridgehead atoms. The molecule has 8 heteroatoms. The summed E-state index contributed by atoms with van der Waals surface area (Å²) in [6.45, 7) is 0. The molecule has 0 aromatic heterocycles. The predicted octanol–water partition coefficient (Wildman–Crippen LogP) is 2.64. The number of hydrogen-bond acceptors (Lipinski definition) is 6. The summed E-state index contributed by atoms with van der Waals surface area (Å²) in [5, 5.41) is 28.7. The van der Waals surface area contributed by atoms with E-state index in [0.717, 1.165) is 6.07 Å². The Morgan fingerprint density at radius 1 is 0.952 bits per heavy atom. The van der Waals surface area contributed by atoms with Gasteiger partial charge in [0.25, 0.3) is 11.4 Å². The van der Waals surface area contributed by atoms with Crippen molar-refractivity contribution in [3.05, 3.63) is 74.3 Å². The van der Waals surface area contributed by atoms with Crippen molar-refractivity contribution in [1.29, 1.82) is 5.26 Å². The number of nitro groups is 2. The first-order valence-electron chi connectivity index (χ1n) is 5.59. The van der Waals surface area contributed by atoms with Crippen LogP contribution in [0.2, 0.25) is 0 Å². The van der Waals surface area contributed by atoms with Gasteiger partial charge in [0.2, 0.25) is 0 Å². The highest BCUT2D eigenvalue weighted by molar-refractivity contribution is 5.53. The second-order valence-electron chi connectivity index (χ2n) is 3.73. The molecule has 21 heavy (non-hydrogen) atoms. The minimum Gasteiger partial charge on any atom is -0.398 e. The molecule has 0 spiro atoms. The van der Waals surface area contributed by atoms with E-state index in [1.165, 1.54) is 18.2 Å². The predicted molar refractivity (Wildman–Crippen MR) is 75.3 cm³/mol. The molecule has 0 aliphatic heterocycles. The first-order valence-corrected chi connectivity index (χ1v) is 5.59. The van der Waals surface area contributed by atoms with Crippen molar-refractivity contribution in [3.8, 4) is 6.07 Å². The molecule has 106 valence electrons. The zero-order valence-corrected chi connectivity index (χ0v) is 10.7. The number of non-ortho nitro benzene ring substituents is 2. The highest BCUT2D eigenvalue weighted by atomic mass is 16.6. The van der Waals surface area contributed by atoms with Crippen molar-refractivity contribution < 1.29 is 9.85 Å². The molecule has 0 fully saturated rings. The van der Waals surface area contributed by atoms with Gasteiger partial charge < -0.3 is 5.73 Å². The molecule has 0 atom stereocenters. The van der Waals surface area contributed by atoms with E-state index < -0.39 is 9.85 Å². The van der Waals surface area contributed by atoms with Crippen molar-refractivity contribution >= 4 is 17.1 Å². The minimum absolute atomic E-state index is 0.274. The molecule has 0 amide bonds. The number of nitrogens with two attached hydrogens (primary N) is 1. The van der Waals surface area contributed by atoms with Gasteiger partial charge in [-0.05, 0) is 18.2 Å². The fourth-order valence-electron chi connectivity index (χ4n) is 1.32. The maximum atomic E-state index is 10.2. The second-order valence-corrected chi connectivity index (χ2v) is 3.73. The lowest BCUT2D eigenvalue weighted by Gasteiger charge is -1.91. The Labute approximate surface area is 119 Å². The lowest BCUT2D eigenvalue weighted by molar-refractivity contribution is -0.394. The van der Waals surface area contributed by atoms with Gasteiger partial charge in [0.05, 0.1) is 21.5 Å². The van der Waals surface area contributed by atoms with Gasteiger partial charge in [0, 0.05) is 17.8 Å². The number of anilines is 1. The van der Waals surface area contributed by atoms with Crippen molar-refractivity contribution in [1.82, 2.24) is 0 Å². The van der Waals surface area contributed by atoms with Crippen molar-refractivity contribution in [3.63, 3.8) is 0 Å². The quantitative estimate of drug-likeness (QED) is 0.511. The normalized spacial score (nSPS) is 8.90. The monoisotopic (exact) mass is 286 g/mol. The number of hydrogen-bond donors (Lipinski definition) is 1. The molecule has 0 unspecified atom stereocenters. The maximum Gasteiger partial charge on any atom is 0.276 e. The molecule has 0 saturated heterocycles. The standard InChI is InChI=1S/C7H6N2.C6H4N2O4/c8-5-6-3-1-2-4-7(6)9;9-7(10)5-2-1-3-6(4-5)8(11)12/h1-4H,9H2;1-4H. The maximum absolute atomic E-state index is 10.2. The number of nitrogens with zero attached hydrogens (tertiary/aromatic N) is 3. The molecule has 0 aliphatic carbocycles. The molecular weight excluding hydrogens is 276 g/mol. The van der Waals surface area contributed by atoms with Crippen LogP contribution >= 0.6 is 0 Å². The van der Waals surface area contributed by atoms with Crippen molar-refractivity contribution in [2.45, 2.75) is 0 Å². The number of nitriles is 1. The lowest BCUT2D eigenvalue weighted by atomic mass is 10.2. The van der Waals surface area contributed by atoms with Gasteiger partial charge in [-0.25, -0.2) is 0 Å². The molecule has 8 nitrogen and oxygen atoms in total. The zero-order chi connectivity index (χ0) is 15.8. The number of benzene rings is 2. The van der Waals surface area contributed by atoms with Crippen LogP contribution < -0.4 is 5.73 Å². The van der Waals surface area contributed by atoms with Gasteiger partial charge in [-0.2, -0.15) is 5.26 Å². The molecule has 2 aromatic carbocycles. The minimum atomic E-state index is -0.674. The highest BCUT2D eigenvalue weighted by Gasteiger charge is 2.11. The third kappa shape index (κ3) is 4.60. The Balaban J connectivity index is 0.000000219. The van der Waals surface area contributed by atoms with Crippen LogP contribution in [0, 0.1) is 31.6 Å². The Hall–Kier alpha value is -3.47. The molecule has 0 saturated carbocycles. The smallest absolute Gasteiger partial charge is 0.276 e. The van der Waals surface area contributed by atoms with E-state index in [0.29, 0.717) is 11.3 Å². The van der Waals surface area contributed by atoms with Gasteiger partial charge in [0.15, 0.2) is 0 Å². The largest absolute Gasteiger partial charge is 0.398 e. The topological polar surface area (TPSA) is 136 Å². The van der Waals surface area contributed by atoms with Crippen molar-refractivity contribution in [2.75, 3.05) is 5.73 Å². The SMILES string of the molecule is N#Cc1ccccc1N.O=[N+]([O-])c1cccc([N+](=O)[O-])c1. The van der Waals surface area contributed by atoms with E-state index in [9.17, 15) is 20.2 Å². The summed E-state index contributed by atoms with van der Waals surface area (Å²) < 4.78 is 0.